The van der Waals surface area contributed by atoms with Crippen molar-refractivity contribution in [2.45, 2.75) is 18.8 Å². The van der Waals surface area contributed by atoms with Gasteiger partial charge in [0.2, 0.25) is 6.54 Å². The van der Waals surface area contributed by atoms with Crippen LogP contribution in [-0.2, 0) is 0 Å². The number of nitrogens with one attached hydrogen (secondary N) is 1. The molecule has 1 aliphatic rings. The number of para-hydroxylation sites is 2. The van der Waals surface area contributed by atoms with Crippen LogP contribution in [0.15, 0.2) is 78.9 Å². The van der Waals surface area contributed by atoms with Crippen molar-refractivity contribution in [2.24, 2.45) is 0 Å². The van der Waals surface area contributed by atoms with Gasteiger partial charge in [-0.25, -0.2) is 0 Å². The molecule has 1 fully saturated rings. The highest BCUT2D eigenvalue weighted by molar-refractivity contribution is 5.92. The highest BCUT2D eigenvalue weighted by atomic mass is 16.6. The van der Waals surface area contributed by atoms with Gasteiger partial charge in [0.25, 0.3) is 0 Å². The second-order valence-corrected chi connectivity index (χ2v) is 8.15. The van der Waals surface area contributed by atoms with Gasteiger partial charge in [-0.3, -0.25) is 10.1 Å². The highest BCUT2D eigenvalue weighted by Crippen LogP contribution is 2.42. The Kier molecular flexibility index (Phi) is 5.16. The summed E-state index contributed by atoms with van der Waals surface area (Å²) in [6.45, 7) is 1.86. The zero-order valence-corrected chi connectivity index (χ0v) is 17.3. The lowest BCUT2D eigenvalue weighted by Gasteiger charge is -2.25. The zero-order valence-electron chi connectivity index (χ0n) is 17.3. The maximum Gasteiger partial charge on any atom is 0.214 e. The average molecular weight is 412 g/mol. The van der Waals surface area contributed by atoms with E-state index >= 15 is 0 Å². The van der Waals surface area contributed by atoms with Gasteiger partial charge in [-0.15, -0.1) is 0 Å². The fourth-order valence-corrected chi connectivity index (χ4v) is 4.88. The topological polar surface area (TPSA) is 62.2 Å². The summed E-state index contributed by atoms with van der Waals surface area (Å²) in [6, 6.07) is 26.4. The van der Waals surface area contributed by atoms with Crippen LogP contribution in [0.4, 0.5) is 5.69 Å². The van der Waals surface area contributed by atoms with Gasteiger partial charge in [0.1, 0.15) is 0 Å². The molecule has 1 aromatic heterocycles. The van der Waals surface area contributed by atoms with E-state index in [0.29, 0.717) is 0 Å². The van der Waals surface area contributed by atoms with E-state index in [2.05, 4.69) is 40.2 Å². The summed E-state index contributed by atoms with van der Waals surface area (Å²) in [4.78, 5) is 17.6. The Morgan fingerprint density at radius 3 is 2.35 bits per heavy atom. The molecule has 0 amide bonds. The van der Waals surface area contributed by atoms with Crippen LogP contribution >= 0.6 is 0 Å². The smallest absolute Gasteiger partial charge is 0.214 e. The molecule has 0 bridgehead atoms. The zero-order chi connectivity index (χ0) is 21.2. The van der Waals surface area contributed by atoms with Gasteiger partial charge in [0, 0.05) is 34.6 Å². The molecule has 0 spiro atoms. The van der Waals surface area contributed by atoms with E-state index in [0.717, 1.165) is 64.9 Å². The van der Waals surface area contributed by atoms with Crippen molar-refractivity contribution in [3.63, 3.8) is 0 Å². The molecule has 5 rings (SSSR count). The van der Waals surface area contributed by atoms with Gasteiger partial charge < -0.3 is 9.88 Å². The number of nitrogens with zero attached hydrogens (tertiary/aromatic N) is 2. The second-order valence-electron chi connectivity index (χ2n) is 8.15. The highest BCUT2D eigenvalue weighted by Gasteiger charge is 2.30. The Labute approximate surface area is 181 Å². The van der Waals surface area contributed by atoms with E-state index in [1.54, 1.807) is 0 Å². The van der Waals surface area contributed by atoms with E-state index in [9.17, 15) is 10.1 Å². The number of benzene rings is 3. The van der Waals surface area contributed by atoms with E-state index in [4.69, 9.17) is 0 Å². The van der Waals surface area contributed by atoms with Crippen LogP contribution in [0.1, 0.15) is 29.9 Å². The van der Waals surface area contributed by atoms with Crippen LogP contribution in [-0.4, -0.2) is 29.5 Å². The molecule has 2 heterocycles. The van der Waals surface area contributed by atoms with Gasteiger partial charge in [-0.1, -0.05) is 66.7 Å². The number of anilines is 1. The lowest BCUT2D eigenvalue weighted by atomic mass is 9.86. The Morgan fingerprint density at radius 2 is 1.58 bits per heavy atom. The normalized spacial score (nSPS) is 14.8. The third-order valence-corrected chi connectivity index (χ3v) is 6.25. The molecule has 156 valence electrons. The van der Waals surface area contributed by atoms with E-state index < -0.39 is 0 Å². The van der Waals surface area contributed by atoms with Crippen molar-refractivity contribution >= 4 is 16.6 Å². The van der Waals surface area contributed by atoms with Gasteiger partial charge in [0.05, 0.1) is 11.6 Å². The second kappa shape index (κ2) is 8.26. The lowest BCUT2D eigenvalue weighted by molar-refractivity contribution is -0.481. The first-order valence-electron chi connectivity index (χ1n) is 10.8. The first-order valence-corrected chi connectivity index (χ1v) is 10.8. The van der Waals surface area contributed by atoms with Crippen LogP contribution in [0.2, 0.25) is 0 Å². The minimum atomic E-state index is -0.349. The summed E-state index contributed by atoms with van der Waals surface area (Å²) in [7, 11) is 0. The molecular weight excluding hydrogens is 386 g/mol. The average Bonchev–Trinajstić information content (AvgIpc) is 3.46. The third kappa shape index (κ3) is 3.67. The van der Waals surface area contributed by atoms with Crippen LogP contribution in [0, 0.1) is 10.1 Å². The van der Waals surface area contributed by atoms with E-state index in [1.807, 2.05) is 48.5 Å². The summed E-state index contributed by atoms with van der Waals surface area (Å²) >= 11 is 0. The molecule has 1 atom stereocenters. The Morgan fingerprint density at radius 1 is 0.903 bits per heavy atom. The number of aromatic nitrogens is 1. The summed E-state index contributed by atoms with van der Waals surface area (Å²) in [5.74, 6) is -0.349. The fraction of sp³-hybridized carbons (Fsp3) is 0.231. The van der Waals surface area contributed by atoms with Crippen molar-refractivity contribution in [1.29, 1.82) is 0 Å². The van der Waals surface area contributed by atoms with Crippen molar-refractivity contribution in [2.75, 3.05) is 24.5 Å². The summed E-state index contributed by atoms with van der Waals surface area (Å²) < 4.78 is 0. The number of aromatic amines is 1. The molecule has 31 heavy (non-hydrogen) atoms. The molecule has 5 nitrogen and oxygen atoms in total. The lowest BCUT2D eigenvalue weighted by Crippen LogP contribution is -2.22. The fourth-order valence-electron chi connectivity index (χ4n) is 4.88. The summed E-state index contributed by atoms with van der Waals surface area (Å²) in [5.41, 5.74) is 6.17. The molecule has 0 aliphatic carbocycles. The predicted octanol–water partition coefficient (Wildman–Crippen LogP) is 5.84. The Hall–Kier alpha value is -3.60. The molecule has 0 saturated carbocycles. The SMILES string of the molecule is O=[N+]([O-])CC(c1ccccc1N1CCCC1)c1c(-c2ccccc2)[nH]c2ccccc12. The van der Waals surface area contributed by atoms with Crippen LogP contribution < -0.4 is 4.90 Å². The Balaban J connectivity index is 1.75. The maximum absolute atomic E-state index is 11.9. The van der Waals surface area contributed by atoms with Gasteiger partial charge in [0.15, 0.2) is 0 Å². The number of fused-ring (bicyclic) bond motifs is 1. The standard InChI is InChI=1S/C26H25N3O2/c30-29(31)18-22(20-12-5-7-15-24(20)28-16-8-9-17-28)25-21-13-4-6-14-23(21)27-26(25)19-10-2-1-3-11-19/h1-7,10-15,22,27H,8-9,16-18H2. The number of rotatable bonds is 6. The minimum Gasteiger partial charge on any atom is -0.371 e. The van der Waals surface area contributed by atoms with Crippen molar-refractivity contribution in [3.05, 3.63) is 100 Å². The number of hydrogen-bond acceptors (Lipinski definition) is 3. The molecule has 1 saturated heterocycles. The number of hydrogen-bond donors (Lipinski definition) is 1. The first kappa shape index (κ1) is 19.4. The third-order valence-electron chi connectivity index (χ3n) is 6.25. The van der Waals surface area contributed by atoms with Crippen LogP contribution in [0.5, 0.6) is 0 Å². The van der Waals surface area contributed by atoms with Gasteiger partial charge in [-0.2, -0.15) is 0 Å². The first-order chi connectivity index (χ1) is 15.2. The predicted molar refractivity (Wildman–Crippen MR) is 125 cm³/mol. The maximum atomic E-state index is 11.9. The molecule has 0 radical (unpaired) electrons. The molecule has 1 unspecified atom stereocenters. The Bertz CT molecular complexity index is 1210. The number of H-pyrrole nitrogens is 1. The molecule has 1 N–H and O–H groups in total. The van der Waals surface area contributed by atoms with Crippen molar-refractivity contribution in [3.8, 4) is 11.3 Å². The van der Waals surface area contributed by atoms with Gasteiger partial charge >= 0.3 is 0 Å². The molecular formula is C26H25N3O2. The monoisotopic (exact) mass is 411 g/mol. The number of nitro groups is 1. The molecule has 4 aromatic rings. The van der Waals surface area contributed by atoms with E-state index in [1.165, 1.54) is 0 Å². The summed E-state index contributed by atoms with van der Waals surface area (Å²) in [6.07, 6.45) is 2.33. The van der Waals surface area contributed by atoms with Crippen LogP contribution in [0.25, 0.3) is 22.2 Å². The van der Waals surface area contributed by atoms with Gasteiger partial charge in [-0.05, 0) is 41.7 Å². The largest absolute Gasteiger partial charge is 0.371 e. The van der Waals surface area contributed by atoms with Crippen LogP contribution in [0.3, 0.4) is 0 Å². The molecule has 5 heteroatoms. The minimum absolute atomic E-state index is 0.146. The van der Waals surface area contributed by atoms with Crippen molar-refractivity contribution < 1.29 is 4.92 Å². The quantitative estimate of drug-likeness (QED) is 0.320. The molecule has 3 aromatic carbocycles. The van der Waals surface area contributed by atoms with Crippen molar-refractivity contribution in [1.82, 2.24) is 4.98 Å². The molecule has 1 aliphatic heterocycles. The summed E-state index contributed by atoms with van der Waals surface area (Å²) in [5, 5.41) is 12.9. The van der Waals surface area contributed by atoms with E-state index in [-0.39, 0.29) is 17.4 Å².